The molecule has 0 N–H and O–H groups in total. The third-order valence-corrected chi connectivity index (χ3v) is 5.43. The monoisotopic (exact) mass is 414 g/mol. The average Bonchev–Trinajstić information content (AvgIpc) is 3.05. The lowest BCUT2D eigenvalue weighted by molar-refractivity contribution is -0.138. The van der Waals surface area contributed by atoms with Crippen molar-refractivity contribution in [3.05, 3.63) is 58.6 Å². The molecule has 0 spiro atoms. The third kappa shape index (κ3) is 5.30. The molecule has 2 aromatic rings. The molecule has 3 rings (SSSR count). The van der Waals surface area contributed by atoms with Gasteiger partial charge in [0.1, 0.15) is 12.4 Å². The smallest absolute Gasteiger partial charge is 0.229 e. The van der Waals surface area contributed by atoms with Crippen LogP contribution in [0.25, 0.3) is 0 Å². The maximum absolute atomic E-state index is 11.7. The number of amides is 2. The molecule has 0 saturated carbocycles. The van der Waals surface area contributed by atoms with Crippen LogP contribution in [-0.2, 0) is 22.6 Å². The molecule has 1 aliphatic heterocycles. The summed E-state index contributed by atoms with van der Waals surface area (Å²) in [6.07, 6.45) is 1.47. The minimum Gasteiger partial charge on any atom is -0.491 e. The molecule has 2 amide bonds. The van der Waals surface area contributed by atoms with Crippen molar-refractivity contribution in [2.45, 2.75) is 39.7 Å². The van der Waals surface area contributed by atoms with Crippen molar-refractivity contribution in [1.29, 1.82) is 0 Å². The minimum atomic E-state index is -0.105. The molecule has 1 saturated heterocycles. The summed E-state index contributed by atoms with van der Waals surface area (Å²) in [4.78, 5) is 27.0. The minimum absolute atomic E-state index is 0.105. The number of carbonyl (C=O) groups excluding carboxylic acids is 2. The van der Waals surface area contributed by atoms with Gasteiger partial charge in [-0.25, -0.2) is 0 Å². The number of hydrogen-bond donors (Lipinski definition) is 0. The highest BCUT2D eigenvalue weighted by Crippen LogP contribution is 2.24. The number of nitrogens with zero attached hydrogens (tertiary/aromatic N) is 2. The first-order valence-corrected chi connectivity index (χ1v) is 10.5. The van der Waals surface area contributed by atoms with E-state index in [0.717, 1.165) is 41.5 Å². The number of hydrogen-bond acceptors (Lipinski definition) is 4. The summed E-state index contributed by atoms with van der Waals surface area (Å²) >= 11 is 6.00. The zero-order chi connectivity index (χ0) is 20.8. The Kier molecular flexibility index (Phi) is 7.15. The van der Waals surface area contributed by atoms with Gasteiger partial charge in [0.15, 0.2) is 0 Å². The summed E-state index contributed by atoms with van der Waals surface area (Å²) in [5, 5.41) is 0.733. The molecule has 0 aromatic heterocycles. The van der Waals surface area contributed by atoms with Crippen molar-refractivity contribution in [1.82, 2.24) is 4.90 Å². The highest BCUT2D eigenvalue weighted by atomic mass is 35.5. The van der Waals surface area contributed by atoms with Gasteiger partial charge in [0.25, 0.3) is 0 Å². The van der Waals surface area contributed by atoms with Gasteiger partial charge in [0, 0.05) is 36.6 Å². The Hall–Kier alpha value is -2.53. The van der Waals surface area contributed by atoms with Crippen LogP contribution in [0, 0.1) is 0 Å². The quantitative estimate of drug-likeness (QED) is 0.568. The SMILES string of the molecule is CCc1cc(CN(CC)c2ccc(Cl)cc2)ccc1OCCN1C(=O)CCC1=O. The fourth-order valence-corrected chi connectivity index (χ4v) is 3.65. The van der Waals surface area contributed by atoms with Gasteiger partial charge in [0.2, 0.25) is 11.8 Å². The van der Waals surface area contributed by atoms with E-state index in [1.165, 1.54) is 10.5 Å². The molecular weight excluding hydrogens is 388 g/mol. The maximum atomic E-state index is 11.7. The predicted octanol–water partition coefficient (Wildman–Crippen LogP) is 4.46. The molecule has 0 aliphatic carbocycles. The summed E-state index contributed by atoms with van der Waals surface area (Å²) in [6, 6.07) is 14.1. The Labute approximate surface area is 177 Å². The van der Waals surface area contributed by atoms with Gasteiger partial charge in [0.05, 0.1) is 6.54 Å². The number of aryl methyl sites for hydroxylation is 1. The second-order valence-electron chi connectivity index (χ2n) is 7.07. The number of halogens is 1. The van der Waals surface area contributed by atoms with E-state index >= 15 is 0 Å². The van der Waals surface area contributed by atoms with E-state index in [2.05, 4.69) is 30.9 Å². The zero-order valence-corrected chi connectivity index (χ0v) is 17.7. The van der Waals surface area contributed by atoms with Crippen molar-refractivity contribution in [3.63, 3.8) is 0 Å². The van der Waals surface area contributed by atoms with E-state index in [0.29, 0.717) is 26.0 Å². The van der Waals surface area contributed by atoms with Crippen molar-refractivity contribution in [2.75, 3.05) is 24.6 Å². The van der Waals surface area contributed by atoms with Crippen molar-refractivity contribution in [2.24, 2.45) is 0 Å². The van der Waals surface area contributed by atoms with E-state index in [1.807, 2.05) is 30.3 Å². The molecule has 0 radical (unpaired) electrons. The van der Waals surface area contributed by atoms with Gasteiger partial charge in [-0.1, -0.05) is 30.7 Å². The van der Waals surface area contributed by atoms with E-state index in [9.17, 15) is 9.59 Å². The second-order valence-corrected chi connectivity index (χ2v) is 7.51. The fourth-order valence-electron chi connectivity index (χ4n) is 3.53. The number of benzene rings is 2. The van der Waals surface area contributed by atoms with Crippen LogP contribution in [0.15, 0.2) is 42.5 Å². The van der Waals surface area contributed by atoms with Crippen LogP contribution in [0.3, 0.4) is 0 Å². The van der Waals surface area contributed by atoms with Crippen LogP contribution in [0.4, 0.5) is 5.69 Å². The van der Waals surface area contributed by atoms with Gasteiger partial charge < -0.3 is 9.64 Å². The molecule has 0 atom stereocenters. The number of imide groups is 1. The fraction of sp³-hybridized carbons (Fsp3) is 0.391. The topological polar surface area (TPSA) is 49.9 Å². The first kappa shape index (κ1) is 21.2. The lowest BCUT2D eigenvalue weighted by Crippen LogP contribution is -2.33. The van der Waals surface area contributed by atoms with Gasteiger partial charge in [-0.2, -0.15) is 0 Å². The van der Waals surface area contributed by atoms with E-state index < -0.39 is 0 Å². The highest BCUT2D eigenvalue weighted by molar-refractivity contribution is 6.30. The number of likely N-dealkylation sites (tertiary alicyclic amines) is 1. The largest absolute Gasteiger partial charge is 0.491 e. The third-order valence-electron chi connectivity index (χ3n) is 5.18. The molecule has 0 bridgehead atoms. The summed E-state index contributed by atoms with van der Waals surface area (Å²) in [7, 11) is 0. The van der Waals surface area contributed by atoms with E-state index in [-0.39, 0.29) is 11.8 Å². The molecule has 2 aromatic carbocycles. The van der Waals surface area contributed by atoms with Crippen LogP contribution in [0.5, 0.6) is 5.75 Å². The van der Waals surface area contributed by atoms with Crippen LogP contribution in [-0.4, -0.2) is 36.4 Å². The lowest BCUT2D eigenvalue weighted by Gasteiger charge is -2.24. The Morgan fingerprint density at radius 2 is 1.72 bits per heavy atom. The molecule has 5 nitrogen and oxygen atoms in total. The molecule has 1 aliphatic rings. The molecule has 154 valence electrons. The Morgan fingerprint density at radius 1 is 1.03 bits per heavy atom. The predicted molar refractivity (Wildman–Crippen MR) is 115 cm³/mol. The maximum Gasteiger partial charge on any atom is 0.229 e. The normalized spacial score (nSPS) is 13.8. The number of ether oxygens (including phenoxy) is 1. The van der Waals surface area contributed by atoms with Crippen LogP contribution >= 0.6 is 11.6 Å². The number of carbonyl (C=O) groups is 2. The number of rotatable bonds is 9. The van der Waals surface area contributed by atoms with Crippen LogP contribution < -0.4 is 9.64 Å². The molecular formula is C23H27ClN2O3. The summed E-state index contributed by atoms with van der Waals surface area (Å²) in [5.41, 5.74) is 3.46. The zero-order valence-electron chi connectivity index (χ0n) is 17.0. The van der Waals surface area contributed by atoms with Crippen molar-refractivity contribution < 1.29 is 14.3 Å². The first-order chi connectivity index (χ1) is 14.0. The second kappa shape index (κ2) is 9.79. The summed E-state index contributed by atoms with van der Waals surface area (Å²) in [6.45, 7) is 6.53. The molecule has 1 heterocycles. The van der Waals surface area contributed by atoms with Crippen molar-refractivity contribution >= 4 is 29.1 Å². The van der Waals surface area contributed by atoms with Gasteiger partial charge in [-0.3, -0.25) is 14.5 Å². The standard InChI is InChI=1S/C23H27ClN2O3/c1-3-18-15-17(16-25(4-2)20-8-6-19(24)7-9-20)5-10-21(18)29-14-13-26-22(27)11-12-23(26)28/h5-10,15H,3-4,11-14,16H2,1-2H3. The molecule has 0 unspecified atom stereocenters. The van der Waals surface area contributed by atoms with Gasteiger partial charge in [-0.15, -0.1) is 0 Å². The Balaban J connectivity index is 1.64. The molecule has 6 heteroatoms. The van der Waals surface area contributed by atoms with Crippen molar-refractivity contribution in [3.8, 4) is 5.75 Å². The Bertz CT molecular complexity index is 851. The molecule has 1 fully saturated rings. The van der Waals surface area contributed by atoms with E-state index in [4.69, 9.17) is 16.3 Å². The molecule has 29 heavy (non-hydrogen) atoms. The number of anilines is 1. The summed E-state index contributed by atoms with van der Waals surface area (Å²) in [5.74, 6) is 0.600. The lowest BCUT2D eigenvalue weighted by atomic mass is 10.1. The van der Waals surface area contributed by atoms with Crippen LogP contribution in [0.2, 0.25) is 5.02 Å². The van der Waals surface area contributed by atoms with Gasteiger partial charge >= 0.3 is 0 Å². The Morgan fingerprint density at radius 3 is 2.34 bits per heavy atom. The van der Waals surface area contributed by atoms with E-state index in [1.54, 1.807) is 0 Å². The first-order valence-electron chi connectivity index (χ1n) is 10.1. The highest BCUT2D eigenvalue weighted by Gasteiger charge is 2.28. The van der Waals surface area contributed by atoms with Gasteiger partial charge in [-0.05, 0) is 54.8 Å². The van der Waals surface area contributed by atoms with Crippen LogP contribution in [0.1, 0.15) is 37.8 Å². The summed E-state index contributed by atoms with van der Waals surface area (Å²) < 4.78 is 5.90. The average molecular weight is 415 g/mol.